The lowest BCUT2D eigenvalue weighted by Crippen LogP contribution is -2.22. The lowest BCUT2D eigenvalue weighted by molar-refractivity contribution is 0.102. The van der Waals surface area contributed by atoms with E-state index >= 15 is 0 Å². The van der Waals surface area contributed by atoms with Gasteiger partial charge in [-0.2, -0.15) is 0 Å². The first-order valence-electron chi connectivity index (χ1n) is 9.39. The van der Waals surface area contributed by atoms with Crippen molar-refractivity contribution in [2.75, 3.05) is 37.8 Å². The fourth-order valence-electron chi connectivity index (χ4n) is 2.62. The van der Waals surface area contributed by atoms with Gasteiger partial charge in [-0.05, 0) is 51.4 Å². The highest BCUT2D eigenvalue weighted by atomic mass is 16.5. The second kappa shape index (κ2) is 9.66. The number of nitrogens with one attached hydrogen (secondary N) is 2. The zero-order chi connectivity index (χ0) is 20.6. The number of aromatic nitrogens is 2. The van der Waals surface area contributed by atoms with Crippen molar-refractivity contribution in [3.8, 4) is 11.5 Å². The number of nitrogens with zero attached hydrogens (tertiary/aromatic N) is 3. The summed E-state index contributed by atoms with van der Waals surface area (Å²) in [6.07, 6.45) is 0. The molecule has 150 valence electrons. The number of likely N-dealkylation sites (N-methyl/N-ethyl adjacent to an activating group) is 1. The van der Waals surface area contributed by atoms with Crippen LogP contribution in [0, 0.1) is 6.92 Å². The van der Waals surface area contributed by atoms with Crippen LogP contribution in [-0.4, -0.2) is 48.0 Å². The molecule has 0 saturated carbocycles. The van der Waals surface area contributed by atoms with Crippen LogP contribution < -0.4 is 15.4 Å². The maximum atomic E-state index is 12.8. The van der Waals surface area contributed by atoms with E-state index in [-0.39, 0.29) is 5.91 Å². The van der Waals surface area contributed by atoms with Crippen LogP contribution in [0.4, 0.5) is 11.6 Å². The molecule has 0 radical (unpaired) electrons. The van der Waals surface area contributed by atoms with E-state index in [9.17, 15) is 4.79 Å². The summed E-state index contributed by atoms with van der Waals surface area (Å²) in [7, 11) is 3.99. The van der Waals surface area contributed by atoms with Gasteiger partial charge in [-0.25, -0.2) is 9.97 Å². The number of hydrogen-bond acceptors (Lipinski definition) is 6. The van der Waals surface area contributed by atoms with Gasteiger partial charge in [0.2, 0.25) is 5.95 Å². The molecule has 3 aromatic rings. The number of hydrogen-bond donors (Lipinski definition) is 2. The smallest absolute Gasteiger partial charge is 0.274 e. The molecule has 0 fully saturated rings. The summed E-state index contributed by atoms with van der Waals surface area (Å²) in [6, 6.07) is 18.4. The van der Waals surface area contributed by atoms with Crippen molar-refractivity contribution >= 4 is 17.5 Å². The maximum Gasteiger partial charge on any atom is 0.274 e. The topological polar surface area (TPSA) is 79.4 Å². The van der Waals surface area contributed by atoms with Gasteiger partial charge in [-0.15, -0.1) is 0 Å². The fourth-order valence-corrected chi connectivity index (χ4v) is 2.62. The number of carbonyl (C=O) groups excluding carboxylic acids is 1. The second-order valence-electron chi connectivity index (χ2n) is 6.81. The average molecular weight is 391 g/mol. The first-order chi connectivity index (χ1) is 14.0. The molecule has 1 amide bonds. The Morgan fingerprint density at radius 2 is 1.76 bits per heavy atom. The van der Waals surface area contributed by atoms with Crippen molar-refractivity contribution in [3.05, 3.63) is 72.1 Å². The number of ether oxygens (including phenoxy) is 1. The lowest BCUT2D eigenvalue weighted by Gasteiger charge is -2.13. The first kappa shape index (κ1) is 20.3. The van der Waals surface area contributed by atoms with Gasteiger partial charge in [-0.3, -0.25) is 4.79 Å². The molecular weight excluding hydrogens is 366 g/mol. The highest BCUT2D eigenvalue weighted by Gasteiger charge is 2.14. The van der Waals surface area contributed by atoms with Gasteiger partial charge in [0.1, 0.15) is 11.4 Å². The maximum absolute atomic E-state index is 12.8. The molecule has 29 heavy (non-hydrogen) atoms. The molecule has 0 aliphatic heterocycles. The van der Waals surface area contributed by atoms with E-state index in [2.05, 4.69) is 25.5 Å². The zero-order valence-electron chi connectivity index (χ0n) is 16.8. The van der Waals surface area contributed by atoms with Crippen LogP contribution in [0.25, 0.3) is 0 Å². The molecule has 0 unspecified atom stereocenters. The molecule has 1 aromatic heterocycles. The van der Waals surface area contributed by atoms with Crippen molar-refractivity contribution in [2.45, 2.75) is 6.92 Å². The summed E-state index contributed by atoms with van der Waals surface area (Å²) in [5.74, 6) is 1.36. The normalized spacial score (nSPS) is 10.6. The van der Waals surface area contributed by atoms with Gasteiger partial charge in [-0.1, -0.05) is 30.3 Å². The Kier molecular flexibility index (Phi) is 6.76. The van der Waals surface area contributed by atoms with Crippen LogP contribution in [0.3, 0.4) is 0 Å². The van der Waals surface area contributed by atoms with E-state index in [1.807, 2.05) is 69.6 Å². The molecule has 1 heterocycles. The Bertz CT molecular complexity index is 960. The zero-order valence-corrected chi connectivity index (χ0v) is 16.8. The third kappa shape index (κ3) is 6.02. The number of benzene rings is 2. The van der Waals surface area contributed by atoms with Gasteiger partial charge in [0.15, 0.2) is 5.75 Å². The Morgan fingerprint density at radius 3 is 2.52 bits per heavy atom. The number of anilines is 2. The molecule has 0 saturated heterocycles. The molecule has 0 spiro atoms. The van der Waals surface area contributed by atoms with Crippen LogP contribution in [0.15, 0.2) is 60.7 Å². The third-order valence-electron chi connectivity index (χ3n) is 4.04. The Hall–Kier alpha value is -3.45. The summed E-state index contributed by atoms with van der Waals surface area (Å²) in [4.78, 5) is 23.6. The number of para-hydroxylation sites is 3. The highest BCUT2D eigenvalue weighted by Crippen LogP contribution is 2.29. The van der Waals surface area contributed by atoms with E-state index < -0.39 is 0 Å². The SMILES string of the molecule is Cc1cc(C(=O)Nc2ccccc2Oc2ccccc2)nc(NCCN(C)C)n1. The molecule has 0 bridgehead atoms. The van der Waals surface area contributed by atoms with Gasteiger partial charge < -0.3 is 20.3 Å². The molecule has 7 nitrogen and oxygen atoms in total. The lowest BCUT2D eigenvalue weighted by atomic mass is 10.2. The van der Waals surface area contributed by atoms with E-state index in [1.165, 1.54) is 0 Å². The quantitative estimate of drug-likeness (QED) is 0.608. The van der Waals surface area contributed by atoms with Crippen LogP contribution in [0.1, 0.15) is 16.2 Å². The fraction of sp³-hybridized carbons (Fsp3) is 0.227. The third-order valence-corrected chi connectivity index (χ3v) is 4.04. The molecule has 0 aliphatic carbocycles. The predicted molar refractivity (Wildman–Crippen MR) is 115 cm³/mol. The summed E-state index contributed by atoms with van der Waals surface area (Å²) in [5, 5.41) is 6.04. The number of carbonyl (C=O) groups is 1. The molecule has 0 atom stereocenters. The van der Waals surface area contributed by atoms with E-state index in [4.69, 9.17) is 4.74 Å². The summed E-state index contributed by atoms with van der Waals surface area (Å²) >= 11 is 0. The van der Waals surface area contributed by atoms with Crippen LogP contribution in [-0.2, 0) is 0 Å². The largest absolute Gasteiger partial charge is 0.455 e. The Balaban J connectivity index is 1.74. The highest BCUT2D eigenvalue weighted by molar-refractivity contribution is 6.03. The van der Waals surface area contributed by atoms with Crippen LogP contribution in [0.2, 0.25) is 0 Å². The molecule has 2 aromatic carbocycles. The van der Waals surface area contributed by atoms with Crippen LogP contribution >= 0.6 is 0 Å². The summed E-state index contributed by atoms with van der Waals surface area (Å²) in [5.41, 5.74) is 1.57. The first-order valence-corrected chi connectivity index (χ1v) is 9.39. The van der Waals surface area contributed by atoms with Gasteiger partial charge >= 0.3 is 0 Å². The molecule has 3 rings (SSSR count). The Morgan fingerprint density at radius 1 is 1.03 bits per heavy atom. The molecule has 0 aliphatic rings. The van der Waals surface area contributed by atoms with Crippen molar-refractivity contribution in [2.24, 2.45) is 0 Å². The number of amides is 1. The average Bonchev–Trinajstić information content (AvgIpc) is 2.69. The van der Waals surface area contributed by atoms with Crippen molar-refractivity contribution < 1.29 is 9.53 Å². The molecular formula is C22H25N5O2. The predicted octanol–water partition coefficient (Wildman–Crippen LogP) is 3.80. The minimum atomic E-state index is -0.324. The van der Waals surface area contributed by atoms with E-state index in [1.54, 1.807) is 12.1 Å². The van der Waals surface area contributed by atoms with Crippen molar-refractivity contribution in [1.82, 2.24) is 14.9 Å². The molecule has 7 heteroatoms. The van der Waals surface area contributed by atoms with E-state index in [0.717, 1.165) is 6.54 Å². The van der Waals surface area contributed by atoms with Crippen LogP contribution in [0.5, 0.6) is 11.5 Å². The molecule has 2 N–H and O–H groups in total. The second-order valence-corrected chi connectivity index (χ2v) is 6.81. The van der Waals surface area contributed by atoms with Gasteiger partial charge in [0, 0.05) is 18.8 Å². The minimum Gasteiger partial charge on any atom is -0.455 e. The van der Waals surface area contributed by atoms with Gasteiger partial charge in [0.25, 0.3) is 5.91 Å². The monoisotopic (exact) mass is 391 g/mol. The van der Waals surface area contributed by atoms with E-state index in [0.29, 0.717) is 41.1 Å². The minimum absolute atomic E-state index is 0.291. The van der Waals surface area contributed by atoms with Gasteiger partial charge in [0.05, 0.1) is 5.69 Å². The number of aryl methyl sites for hydroxylation is 1. The number of rotatable bonds is 8. The van der Waals surface area contributed by atoms with Crippen molar-refractivity contribution in [3.63, 3.8) is 0 Å². The summed E-state index contributed by atoms with van der Waals surface area (Å²) in [6.45, 7) is 3.36. The standard InChI is InChI=1S/C22H25N5O2/c1-16-15-19(26-22(24-16)23-13-14-27(2)3)21(28)25-18-11-7-8-12-20(18)29-17-9-5-4-6-10-17/h4-12,15H,13-14H2,1-3H3,(H,25,28)(H,23,24,26). The summed E-state index contributed by atoms with van der Waals surface area (Å²) < 4.78 is 5.90. The van der Waals surface area contributed by atoms with Crippen molar-refractivity contribution in [1.29, 1.82) is 0 Å². The Labute approximate surface area is 170 Å².